The van der Waals surface area contributed by atoms with E-state index in [1.54, 1.807) is 17.3 Å². The summed E-state index contributed by atoms with van der Waals surface area (Å²) in [4.78, 5) is 43.7. The summed E-state index contributed by atoms with van der Waals surface area (Å²) >= 11 is 0. The number of amides is 3. The van der Waals surface area contributed by atoms with Gasteiger partial charge in [-0.3, -0.25) is 19.4 Å². The van der Waals surface area contributed by atoms with Gasteiger partial charge in [0.05, 0.1) is 0 Å². The van der Waals surface area contributed by atoms with Crippen LogP contribution in [0.5, 0.6) is 0 Å². The number of pyridine rings is 1. The zero-order valence-corrected chi connectivity index (χ0v) is 15.9. The van der Waals surface area contributed by atoms with Gasteiger partial charge in [0.2, 0.25) is 5.91 Å². The second-order valence-electron chi connectivity index (χ2n) is 6.89. The van der Waals surface area contributed by atoms with Crippen LogP contribution < -0.4 is 5.32 Å². The van der Waals surface area contributed by atoms with Crippen LogP contribution in [0.1, 0.15) is 23.1 Å². The van der Waals surface area contributed by atoms with E-state index < -0.39 is 11.8 Å². The maximum absolute atomic E-state index is 12.4. The molecule has 0 atom stereocenters. The topological polar surface area (TPSA) is 82.6 Å². The number of hydrogen-bond acceptors (Lipinski definition) is 4. The second kappa shape index (κ2) is 9.12. The van der Waals surface area contributed by atoms with E-state index in [-0.39, 0.29) is 18.9 Å². The van der Waals surface area contributed by atoms with Crippen molar-refractivity contribution in [1.82, 2.24) is 20.1 Å². The molecule has 3 rings (SSSR count). The van der Waals surface area contributed by atoms with Gasteiger partial charge in [0.25, 0.3) is 0 Å². The highest BCUT2D eigenvalue weighted by molar-refractivity contribution is 6.35. The molecule has 1 fully saturated rings. The van der Waals surface area contributed by atoms with E-state index >= 15 is 0 Å². The van der Waals surface area contributed by atoms with Gasteiger partial charge >= 0.3 is 11.8 Å². The molecule has 1 aromatic heterocycles. The summed E-state index contributed by atoms with van der Waals surface area (Å²) in [5.74, 6) is -1.21. The summed E-state index contributed by atoms with van der Waals surface area (Å²) in [6, 6.07) is 11.6. The SMILES string of the molecule is Cc1ccc(CN2CCN(CCC(=O)NCc3ccncc3)C(=O)C2=O)cc1. The molecular formula is C21H24N4O3. The lowest BCUT2D eigenvalue weighted by molar-refractivity contribution is -0.156. The van der Waals surface area contributed by atoms with Crippen LogP contribution in [0.25, 0.3) is 0 Å². The van der Waals surface area contributed by atoms with Crippen LogP contribution >= 0.6 is 0 Å². The van der Waals surface area contributed by atoms with E-state index in [0.717, 1.165) is 16.7 Å². The van der Waals surface area contributed by atoms with E-state index in [2.05, 4.69) is 10.3 Å². The largest absolute Gasteiger partial charge is 0.352 e. The molecule has 0 spiro atoms. The number of piperazine rings is 1. The molecule has 146 valence electrons. The van der Waals surface area contributed by atoms with Crippen LogP contribution in [0.2, 0.25) is 0 Å². The Morgan fingerprint density at radius 2 is 1.61 bits per heavy atom. The minimum Gasteiger partial charge on any atom is -0.352 e. The second-order valence-corrected chi connectivity index (χ2v) is 6.89. The molecule has 0 radical (unpaired) electrons. The predicted octanol–water partition coefficient (Wildman–Crippen LogP) is 1.27. The molecule has 1 aliphatic heterocycles. The van der Waals surface area contributed by atoms with E-state index in [1.807, 2.05) is 43.3 Å². The highest BCUT2D eigenvalue weighted by Gasteiger charge is 2.32. The number of benzene rings is 1. The monoisotopic (exact) mass is 380 g/mol. The Kier molecular flexibility index (Phi) is 6.37. The third-order valence-electron chi connectivity index (χ3n) is 4.74. The van der Waals surface area contributed by atoms with Crippen molar-refractivity contribution < 1.29 is 14.4 Å². The number of aromatic nitrogens is 1. The third-order valence-corrected chi connectivity index (χ3v) is 4.74. The molecule has 0 saturated carbocycles. The fraction of sp³-hybridized carbons (Fsp3) is 0.333. The zero-order chi connectivity index (χ0) is 19.9. The van der Waals surface area contributed by atoms with E-state index in [9.17, 15) is 14.4 Å². The van der Waals surface area contributed by atoms with Crippen LogP contribution in [-0.4, -0.2) is 52.1 Å². The molecule has 3 amide bonds. The van der Waals surface area contributed by atoms with E-state index in [4.69, 9.17) is 0 Å². The first-order chi connectivity index (χ1) is 13.5. The molecule has 0 unspecified atom stereocenters. The number of carbonyl (C=O) groups is 3. The summed E-state index contributed by atoms with van der Waals surface area (Å²) in [6.07, 6.45) is 3.51. The lowest BCUT2D eigenvalue weighted by Gasteiger charge is -2.33. The summed E-state index contributed by atoms with van der Waals surface area (Å²) < 4.78 is 0. The first kappa shape index (κ1) is 19.5. The number of rotatable bonds is 7. The predicted molar refractivity (Wildman–Crippen MR) is 104 cm³/mol. The quantitative estimate of drug-likeness (QED) is 0.734. The van der Waals surface area contributed by atoms with Crippen molar-refractivity contribution in [3.05, 3.63) is 65.5 Å². The molecular weight excluding hydrogens is 356 g/mol. The highest BCUT2D eigenvalue weighted by atomic mass is 16.2. The van der Waals surface area contributed by atoms with E-state index in [0.29, 0.717) is 26.2 Å². The van der Waals surface area contributed by atoms with Crippen molar-refractivity contribution in [1.29, 1.82) is 0 Å². The van der Waals surface area contributed by atoms with Gasteiger partial charge in [-0.2, -0.15) is 0 Å². The Morgan fingerprint density at radius 1 is 0.964 bits per heavy atom. The Balaban J connectivity index is 1.45. The zero-order valence-electron chi connectivity index (χ0n) is 15.9. The third kappa shape index (κ3) is 5.16. The molecule has 2 heterocycles. The molecule has 7 heteroatoms. The molecule has 0 bridgehead atoms. The Bertz CT molecular complexity index is 836. The van der Waals surface area contributed by atoms with Gasteiger partial charge in [-0.15, -0.1) is 0 Å². The van der Waals surface area contributed by atoms with Crippen molar-refractivity contribution >= 4 is 17.7 Å². The van der Waals surface area contributed by atoms with Crippen molar-refractivity contribution in [2.24, 2.45) is 0 Å². The molecule has 1 aliphatic rings. The van der Waals surface area contributed by atoms with Crippen LogP contribution in [0.3, 0.4) is 0 Å². The summed E-state index contributed by atoms with van der Waals surface area (Å²) in [5.41, 5.74) is 3.10. The lowest BCUT2D eigenvalue weighted by Crippen LogP contribution is -2.54. The average Bonchev–Trinajstić information content (AvgIpc) is 2.71. The molecule has 7 nitrogen and oxygen atoms in total. The number of aryl methyl sites for hydroxylation is 1. The maximum atomic E-state index is 12.4. The van der Waals surface area contributed by atoms with Crippen LogP contribution in [-0.2, 0) is 27.5 Å². The van der Waals surface area contributed by atoms with Gasteiger partial charge in [-0.05, 0) is 30.2 Å². The van der Waals surface area contributed by atoms with Crippen molar-refractivity contribution in [3.63, 3.8) is 0 Å². The Hall–Kier alpha value is -3.22. The van der Waals surface area contributed by atoms with E-state index in [1.165, 1.54) is 4.90 Å². The minimum absolute atomic E-state index is 0.154. The van der Waals surface area contributed by atoms with Gasteiger partial charge in [-0.25, -0.2) is 0 Å². The van der Waals surface area contributed by atoms with Gasteiger partial charge in [0.15, 0.2) is 0 Å². The highest BCUT2D eigenvalue weighted by Crippen LogP contribution is 2.12. The molecule has 28 heavy (non-hydrogen) atoms. The minimum atomic E-state index is -0.541. The van der Waals surface area contributed by atoms with Crippen molar-refractivity contribution in [3.8, 4) is 0 Å². The Morgan fingerprint density at radius 3 is 2.32 bits per heavy atom. The van der Waals surface area contributed by atoms with Crippen molar-refractivity contribution in [2.75, 3.05) is 19.6 Å². The van der Waals surface area contributed by atoms with Crippen LogP contribution in [0.15, 0.2) is 48.8 Å². The fourth-order valence-corrected chi connectivity index (χ4v) is 3.02. The normalized spacial score (nSPS) is 14.3. The number of nitrogens with zero attached hydrogens (tertiary/aromatic N) is 3. The summed E-state index contributed by atoms with van der Waals surface area (Å²) in [6.45, 7) is 3.99. The van der Waals surface area contributed by atoms with Gasteiger partial charge < -0.3 is 15.1 Å². The summed E-state index contributed by atoms with van der Waals surface area (Å²) in [5, 5.41) is 2.81. The van der Waals surface area contributed by atoms with Gasteiger partial charge in [0, 0.05) is 51.5 Å². The smallest absolute Gasteiger partial charge is 0.312 e. The molecule has 1 N–H and O–H groups in total. The molecule has 0 aliphatic carbocycles. The first-order valence-electron chi connectivity index (χ1n) is 9.32. The number of nitrogens with one attached hydrogen (secondary N) is 1. The average molecular weight is 380 g/mol. The summed E-state index contributed by atoms with van der Waals surface area (Å²) in [7, 11) is 0. The van der Waals surface area contributed by atoms with Crippen LogP contribution in [0.4, 0.5) is 0 Å². The maximum Gasteiger partial charge on any atom is 0.312 e. The van der Waals surface area contributed by atoms with Gasteiger partial charge in [0.1, 0.15) is 0 Å². The van der Waals surface area contributed by atoms with Gasteiger partial charge in [-0.1, -0.05) is 29.8 Å². The first-order valence-corrected chi connectivity index (χ1v) is 9.32. The van der Waals surface area contributed by atoms with Crippen LogP contribution in [0, 0.1) is 6.92 Å². The molecule has 1 aromatic carbocycles. The fourth-order valence-electron chi connectivity index (χ4n) is 3.02. The van der Waals surface area contributed by atoms with Crippen molar-refractivity contribution in [2.45, 2.75) is 26.4 Å². The standard InChI is InChI=1S/C21H24N4O3/c1-16-2-4-18(5-3-16)15-25-13-12-24(20(27)21(25)28)11-8-19(26)23-14-17-6-9-22-10-7-17/h2-7,9-10H,8,11-15H2,1H3,(H,23,26). The Labute approximate surface area is 164 Å². The molecule has 2 aromatic rings. The lowest BCUT2D eigenvalue weighted by atomic mass is 10.1. The number of carbonyl (C=O) groups excluding carboxylic acids is 3. The molecule has 1 saturated heterocycles. The number of hydrogen-bond donors (Lipinski definition) is 1.